The molecular weight excluding hydrogens is 278 g/mol. The van der Waals surface area contributed by atoms with Crippen molar-refractivity contribution in [3.8, 4) is 0 Å². The average molecular weight is 299 g/mol. The maximum absolute atomic E-state index is 4.48. The van der Waals surface area contributed by atoms with Gasteiger partial charge in [0.25, 0.3) is 0 Å². The number of hydrogen-bond donors (Lipinski definition) is 1. The molecule has 0 amide bonds. The van der Waals surface area contributed by atoms with Crippen molar-refractivity contribution in [2.24, 2.45) is 0 Å². The predicted molar refractivity (Wildman–Crippen MR) is 89.7 cm³/mol. The van der Waals surface area contributed by atoms with E-state index in [0.29, 0.717) is 0 Å². The topological polar surface area (TPSA) is 29.9 Å². The van der Waals surface area contributed by atoms with E-state index in [1.165, 1.54) is 15.6 Å². The van der Waals surface area contributed by atoms with Crippen LogP contribution in [0.5, 0.6) is 0 Å². The Balaban J connectivity index is 1.81. The molecule has 0 atom stereocenters. The number of rotatable bonds is 4. The van der Waals surface area contributed by atoms with Crippen LogP contribution in [-0.4, -0.2) is 15.1 Å². The summed E-state index contributed by atoms with van der Waals surface area (Å²) in [6, 6.07) is 8.58. The van der Waals surface area contributed by atoms with Gasteiger partial charge in [0.15, 0.2) is 0 Å². The Morgan fingerprint density at radius 1 is 1.24 bits per heavy atom. The third-order valence-corrected chi connectivity index (χ3v) is 4.49. The summed E-state index contributed by atoms with van der Waals surface area (Å²) in [4.78, 5) is 4.48. The smallest absolute Gasteiger partial charge is 0.122 e. The Morgan fingerprint density at radius 3 is 2.86 bits per heavy atom. The van der Waals surface area contributed by atoms with Gasteiger partial charge in [0.05, 0.1) is 13.1 Å². The molecule has 3 nitrogen and oxygen atoms in total. The second-order valence-corrected chi connectivity index (χ2v) is 7.24. The number of aromatic nitrogens is 2. The van der Waals surface area contributed by atoms with Gasteiger partial charge >= 0.3 is 0 Å². The van der Waals surface area contributed by atoms with Crippen molar-refractivity contribution in [2.45, 2.75) is 39.4 Å². The van der Waals surface area contributed by atoms with Crippen LogP contribution in [-0.2, 0) is 13.1 Å². The molecule has 0 saturated carbocycles. The van der Waals surface area contributed by atoms with Gasteiger partial charge in [-0.3, -0.25) is 0 Å². The number of nitrogens with one attached hydrogen (secondary N) is 1. The second kappa shape index (κ2) is 5.62. The molecule has 0 unspecified atom stereocenters. The molecule has 1 aromatic carbocycles. The maximum Gasteiger partial charge on any atom is 0.122 e. The van der Waals surface area contributed by atoms with Crippen LogP contribution in [0.15, 0.2) is 42.0 Å². The summed E-state index contributed by atoms with van der Waals surface area (Å²) < 4.78 is 3.58. The summed E-state index contributed by atoms with van der Waals surface area (Å²) in [5.41, 5.74) is 1.47. The highest BCUT2D eigenvalue weighted by Crippen LogP contribution is 2.26. The van der Waals surface area contributed by atoms with Crippen LogP contribution in [0.2, 0.25) is 0 Å². The van der Waals surface area contributed by atoms with Gasteiger partial charge in [-0.15, -0.1) is 11.3 Å². The first-order chi connectivity index (χ1) is 10.0. The van der Waals surface area contributed by atoms with Crippen LogP contribution < -0.4 is 5.32 Å². The quantitative estimate of drug-likeness (QED) is 0.788. The fourth-order valence-corrected chi connectivity index (χ4v) is 3.29. The number of hydrogen-bond acceptors (Lipinski definition) is 3. The molecule has 0 radical (unpaired) electrons. The van der Waals surface area contributed by atoms with Gasteiger partial charge in [0.2, 0.25) is 0 Å². The van der Waals surface area contributed by atoms with E-state index in [2.05, 4.69) is 71.5 Å². The van der Waals surface area contributed by atoms with Gasteiger partial charge in [-0.25, -0.2) is 4.98 Å². The van der Waals surface area contributed by atoms with E-state index in [1.807, 2.05) is 17.5 Å². The second-order valence-electron chi connectivity index (χ2n) is 6.33. The van der Waals surface area contributed by atoms with E-state index in [9.17, 15) is 0 Å². The molecule has 1 N–H and O–H groups in total. The van der Waals surface area contributed by atoms with E-state index in [4.69, 9.17) is 0 Å². The lowest BCUT2D eigenvalue weighted by Gasteiger charge is -2.20. The zero-order valence-corrected chi connectivity index (χ0v) is 13.6. The average Bonchev–Trinajstić information content (AvgIpc) is 3.04. The van der Waals surface area contributed by atoms with Crippen LogP contribution in [0.3, 0.4) is 0 Å². The lowest BCUT2D eigenvalue weighted by atomic mass is 10.1. The van der Waals surface area contributed by atoms with Gasteiger partial charge < -0.3 is 9.88 Å². The lowest BCUT2D eigenvalue weighted by molar-refractivity contribution is 0.413. The molecule has 0 fully saturated rings. The van der Waals surface area contributed by atoms with Crippen LogP contribution in [0.4, 0.5) is 0 Å². The molecule has 4 heteroatoms. The highest BCUT2D eigenvalue weighted by molar-refractivity contribution is 7.17. The molecule has 0 aliphatic carbocycles. The van der Waals surface area contributed by atoms with Crippen LogP contribution >= 0.6 is 11.3 Å². The molecule has 3 rings (SSSR count). The fraction of sp³-hybridized carbons (Fsp3) is 0.353. The number of nitrogens with zero attached hydrogens (tertiary/aromatic N) is 2. The van der Waals surface area contributed by atoms with Crippen molar-refractivity contribution in [1.82, 2.24) is 14.9 Å². The Bertz CT molecular complexity index is 734. The first-order valence-corrected chi connectivity index (χ1v) is 8.11. The first kappa shape index (κ1) is 14.3. The largest absolute Gasteiger partial charge is 0.329 e. The molecule has 3 aromatic rings. The van der Waals surface area contributed by atoms with Gasteiger partial charge in [0, 0.05) is 22.6 Å². The predicted octanol–water partition coefficient (Wildman–Crippen LogP) is 4.03. The van der Waals surface area contributed by atoms with Gasteiger partial charge in [0.1, 0.15) is 5.82 Å². The number of imidazole rings is 1. The third-order valence-electron chi connectivity index (χ3n) is 3.48. The Morgan fingerprint density at radius 2 is 2.05 bits per heavy atom. The number of fused-ring (bicyclic) bond motifs is 1. The van der Waals surface area contributed by atoms with E-state index < -0.39 is 0 Å². The summed E-state index contributed by atoms with van der Waals surface area (Å²) in [5.74, 6) is 1.08. The Hall–Kier alpha value is -1.65. The SMILES string of the molecule is CC(C)(C)NCc1nccn1Cc1csc2ccccc12. The first-order valence-electron chi connectivity index (χ1n) is 7.23. The normalized spacial score (nSPS) is 12.1. The van der Waals surface area contributed by atoms with E-state index in [1.54, 1.807) is 0 Å². The molecule has 21 heavy (non-hydrogen) atoms. The van der Waals surface area contributed by atoms with Crippen molar-refractivity contribution in [1.29, 1.82) is 0 Å². The third kappa shape index (κ3) is 3.34. The van der Waals surface area contributed by atoms with E-state index >= 15 is 0 Å². The van der Waals surface area contributed by atoms with E-state index in [0.717, 1.165) is 18.9 Å². The molecule has 0 aliphatic rings. The molecule has 2 aromatic heterocycles. The fourth-order valence-electron chi connectivity index (χ4n) is 2.33. The monoisotopic (exact) mass is 299 g/mol. The van der Waals surface area contributed by atoms with Crippen molar-refractivity contribution < 1.29 is 0 Å². The number of benzene rings is 1. The van der Waals surface area contributed by atoms with Gasteiger partial charge in [-0.2, -0.15) is 0 Å². The highest BCUT2D eigenvalue weighted by Gasteiger charge is 2.12. The molecule has 0 saturated heterocycles. The van der Waals surface area contributed by atoms with Gasteiger partial charge in [-0.05, 0) is 43.2 Å². The summed E-state index contributed by atoms with van der Waals surface area (Å²) in [5, 5.41) is 7.11. The Kier molecular flexibility index (Phi) is 3.83. The highest BCUT2D eigenvalue weighted by atomic mass is 32.1. The van der Waals surface area contributed by atoms with Gasteiger partial charge in [-0.1, -0.05) is 18.2 Å². The van der Waals surface area contributed by atoms with Crippen molar-refractivity contribution in [3.63, 3.8) is 0 Å². The molecule has 0 bridgehead atoms. The van der Waals surface area contributed by atoms with Crippen LogP contribution in [0.25, 0.3) is 10.1 Å². The van der Waals surface area contributed by atoms with Crippen LogP contribution in [0.1, 0.15) is 32.2 Å². The maximum atomic E-state index is 4.48. The lowest BCUT2D eigenvalue weighted by Crippen LogP contribution is -2.35. The minimum Gasteiger partial charge on any atom is -0.329 e. The van der Waals surface area contributed by atoms with Crippen molar-refractivity contribution in [3.05, 3.63) is 53.4 Å². The van der Waals surface area contributed by atoms with Crippen molar-refractivity contribution in [2.75, 3.05) is 0 Å². The summed E-state index contributed by atoms with van der Waals surface area (Å²) in [6.45, 7) is 8.19. The summed E-state index contributed by atoms with van der Waals surface area (Å²) >= 11 is 1.81. The van der Waals surface area contributed by atoms with Crippen LogP contribution in [0, 0.1) is 0 Å². The Labute approximate surface area is 129 Å². The van der Waals surface area contributed by atoms with E-state index in [-0.39, 0.29) is 5.54 Å². The molecule has 0 spiro atoms. The summed E-state index contributed by atoms with van der Waals surface area (Å²) in [7, 11) is 0. The molecule has 2 heterocycles. The summed E-state index contributed by atoms with van der Waals surface area (Å²) in [6.07, 6.45) is 3.94. The minimum atomic E-state index is 0.103. The zero-order valence-electron chi connectivity index (χ0n) is 12.8. The molecule has 0 aliphatic heterocycles. The standard InChI is InChI=1S/C17H21N3S/c1-17(2,3)19-10-16-18-8-9-20(16)11-13-12-21-15-7-5-4-6-14(13)15/h4-9,12,19H,10-11H2,1-3H3. The minimum absolute atomic E-state index is 0.103. The van der Waals surface area contributed by atoms with Crippen molar-refractivity contribution >= 4 is 21.4 Å². The molecule has 110 valence electrons. The number of thiophene rings is 1. The molecular formula is C17H21N3S. The zero-order chi connectivity index (χ0) is 14.9.